The molecule has 2 rings (SSSR count). The molecule has 0 unspecified atom stereocenters. The molecular formula is C18H21NO. The molecule has 0 bridgehead atoms. The number of amides is 1. The van der Waals surface area contributed by atoms with Gasteiger partial charge in [0.25, 0.3) is 0 Å². The van der Waals surface area contributed by atoms with Crippen molar-refractivity contribution in [1.82, 2.24) is 5.32 Å². The standard InChI is InChI=1S/C18H21NO/c1-2-18(20)19-12-11-16-9-6-10-17(14-16)13-15-7-4-3-5-8-15/h3-10,14H,2,11-13H2,1H3,(H,19,20). The van der Waals surface area contributed by atoms with Crippen LogP contribution >= 0.6 is 0 Å². The van der Waals surface area contributed by atoms with Gasteiger partial charge < -0.3 is 5.32 Å². The van der Waals surface area contributed by atoms with Gasteiger partial charge in [0.05, 0.1) is 0 Å². The summed E-state index contributed by atoms with van der Waals surface area (Å²) in [5.74, 6) is 0.116. The van der Waals surface area contributed by atoms with Crippen molar-refractivity contribution in [3.8, 4) is 0 Å². The summed E-state index contributed by atoms with van der Waals surface area (Å²) in [7, 11) is 0. The third kappa shape index (κ3) is 4.54. The summed E-state index contributed by atoms with van der Waals surface area (Å²) in [5.41, 5.74) is 3.91. The van der Waals surface area contributed by atoms with E-state index in [1.807, 2.05) is 13.0 Å². The largest absolute Gasteiger partial charge is 0.356 e. The van der Waals surface area contributed by atoms with E-state index in [4.69, 9.17) is 0 Å². The molecule has 0 spiro atoms. The Bertz CT molecular complexity index is 548. The topological polar surface area (TPSA) is 29.1 Å². The second-order valence-corrected chi connectivity index (χ2v) is 4.94. The van der Waals surface area contributed by atoms with Gasteiger partial charge in [0.2, 0.25) is 5.91 Å². The molecular weight excluding hydrogens is 246 g/mol. The van der Waals surface area contributed by atoms with Crippen molar-refractivity contribution in [3.63, 3.8) is 0 Å². The van der Waals surface area contributed by atoms with Crippen molar-refractivity contribution >= 4 is 5.91 Å². The summed E-state index contributed by atoms with van der Waals surface area (Å²) in [5, 5.41) is 2.91. The Morgan fingerprint density at radius 3 is 2.40 bits per heavy atom. The molecule has 0 aliphatic rings. The van der Waals surface area contributed by atoms with E-state index in [0.29, 0.717) is 13.0 Å². The van der Waals surface area contributed by atoms with E-state index in [9.17, 15) is 4.79 Å². The van der Waals surface area contributed by atoms with Gasteiger partial charge in [-0.1, -0.05) is 61.5 Å². The molecule has 0 radical (unpaired) electrons. The zero-order chi connectivity index (χ0) is 14.2. The Morgan fingerprint density at radius 1 is 0.950 bits per heavy atom. The van der Waals surface area contributed by atoms with E-state index in [1.165, 1.54) is 16.7 Å². The van der Waals surface area contributed by atoms with Gasteiger partial charge >= 0.3 is 0 Å². The highest BCUT2D eigenvalue weighted by Gasteiger charge is 2.00. The minimum atomic E-state index is 0.116. The van der Waals surface area contributed by atoms with Gasteiger partial charge in [-0.05, 0) is 29.5 Å². The lowest BCUT2D eigenvalue weighted by molar-refractivity contribution is -0.120. The zero-order valence-corrected chi connectivity index (χ0v) is 11.9. The van der Waals surface area contributed by atoms with Gasteiger partial charge in [-0.15, -0.1) is 0 Å². The third-order valence-electron chi connectivity index (χ3n) is 3.30. The van der Waals surface area contributed by atoms with Gasteiger partial charge in [0.15, 0.2) is 0 Å². The summed E-state index contributed by atoms with van der Waals surface area (Å²) >= 11 is 0. The van der Waals surface area contributed by atoms with Crippen LogP contribution in [-0.4, -0.2) is 12.5 Å². The first-order valence-electron chi connectivity index (χ1n) is 7.16. The van der Waals surface area contributed by atoms with Crippen molar-refractivity contribution < 1.29 is 4.79 Å². The number of hydrogen-bond acceptors (Lipinski definition) is 1. The smallest absolute Gasteiger partial charge is 0.219 e. The van der Waals surface area contributed by atoms with Crippen molar-refractivity contribution in [2.75, 3.05) is 6.54 Å². The number of carbonyl (C=O) groups is 1. The van der Waals surface area contributed by atoms with Gasteiger partial charge in [-0.3, -0.25) is 4.79 Å². The molecule has 1 amide bonds. The summed E-state index contributed by atoms with van der Waals surface area (Å²) in [6.07, 6.45) is 2.39. The van der Waals surface area contributed by atoms with Gasteiger partial charge in [-0.25, -0.2) is 0 Å². The Kier molecular flexibility index (Phi) is 5.36. The monoisotopic (exact) mass is 267 g/mol. The fourth-order valence-corrected chi connectivity index (χ4v) is 2.20. The van der Waals surface area contributed by atoms with Gasteiger partial charge in [0, 0.05) is 13.0 Å². The van der Waals surface area contributed by atoms with Crippen LogP contribution in [0, 0.1) is 0 Å². The summed E-state index contributed by atoms with van der Waals surface area (Å²) < 4.78 is 0. The summed E-state index contributed by atoms with van der Waals surface area (Å²) in [6.45, 7) is 2.58. The molecule has 0 heterocycles. The molecule has 0 aliphatic carbocycles. The molecule has 2 heteroatoms. The lowest BCUT2D eigenvalue weighted by Gasteiger charge is -2.07. The molecule has 20 heavy (non-hydrogen) atoms. The van der Waals surface area contributed by atoms with Crippen molar-refractivity contribution in [3.05, 3.63) is 71.3 Å². The second kappa shape index (κ2) is 7.49. The van der Waals surface area contributed by atoms with E-state index in [0.717, 1.165) is 12.8 Å². The molecule has 2 nitrogen and oxygen atoms in total. The molecule has 0 saturated carbocycles. The normalized spacial score (nSPS) is 10.2. The number of carbonyl (C=O) groups excluding carboxylic acids is 1. The Morgan fingerprint density at radius 2 is 1.65 bits per heavy atom. The predicted molar refractivity (Wildman–Crippen MR) is 82.7 cm³/mol. The zero-order valence-electron chi connectivity index (χ0n) is 11.9. The highest BCUT2D eigenvalue weighted by Crippen LogP contribution is 2.11. The molecule has 1 N–H and O–H groups in total. The number of nitrogens with one attached hydrogen (secondary N) is 1. The van der Waals surface area contributed by atoms with Crippen molar-refractivity contribution in [2.45, 2.75) is 26.2 Å². The highest BCUT2D eigenvalue weighted by atomic mass is 16.1. The molecule has 2 aromatic carbocycles. The van der Waals surface area contributed by atoms with Crippen LogP contribution in [0.5, 0.6) is 0 Å². The summed E-state index contributed by atoms with van der Waals surface area (Å²) in [4.78, 5) is 11.2. The third-order valence-corrected chi connectivity index (χ3v) is 3.30. The maximum atomic E-state index is 11.2. The fourth-order valence-electron chi connectivity index (χ4n) is 2.20. The molecule has 104 valence electrons. The Hall–Kier alpha value is -2.09. The average molecular weight is 267 g/mol. The molecule has 2 aromatic rings. The maximum Gasteiger partial charge on any atom is 0.219 e. The molecule has 0 aromatic heterocycles. The predicted octanol–water partition coefficient (Wildman–Crippen LogP) is 3.35. The minimum Gasteiger partial charge on any atom is -0.356 e. The first kappa shape index (κ1) is 14.3. The Labute approximate surface area is 120 Å². The first-order chi connectivity index (χ1) is 9.78. The van der Waals surface area contributed by atoms with E-state index >= 15 is 0 Å². The van der Waals surface area contributed by atoms with Crippen LogP contribution in [-0.2, 0) is 17.6 Å². The van der Waals surface area contributed by atoms with Crippen LogP contribution in [0.1, 0.15) is 30.0 Å². The fraction of sp³-hybridized carbons (Fsp3) is 0.278. The minimum absolute atomic E-state index is 0.116. The van der Waals surface area contributed by atoms with Crippen LogP contribution in [0.2, 0.25) is 0 Å². The van der Waals surface area contributed by atoms with Crippen LogP contribution < -0.4 is 5.32 Å². The maximum absolute atomic E-state index is 11.2. The molecule has 0 saturated heterocycles. The summed E-state index contributed by atoms with van der Waals surface area (Å²) in [6, 6.07) is 19.1. The Balaban J connectivity index is 1.92. The lowest BCUT2D eigenvalue weighted by Crippen LogP contribution is -2.24. The second-order valence-electron chi connectivity index (χ2n) is 4.94. The van der Waals surface area contributed by atoms with Crippen LogP contribution in [0.4, 0.5) is 0 Å². The van der Waals surface area contributed by atoms with E-state index in [1.54, 1.807) is 0 Å². The van der Waals surface area contributed by atoms with Crippen molar-refractivity contribution in [1.29, 1.82) is 0 Å². The average Bonchev–Trinajstić information content (AvgIpc) is 2.48. The number of benzene rings is 2. The van der Waals surface area contributed by atoms with Crippen LogP contribution in [0.25, 0.3) is 0 Å². The van der Waals surface area contributed by atoms with E-state index in [-0.39, 0.29) is 5.91 Å². The molecule has 0 aliphatic heterocycles. The quantitative estimate of drug-likeness (QED) is 0.854. The molecule has 0 atom stereocenters. The van der Waals surface area contributed by atoms with Crippen LogP contribution in [0.15, 0.2) is 54.6 Å². The van der Waals surface area contributed by atoms with Gasteiger partial charge in [-0.2, -0.15) is 0 Å². The van der Waals surface area contributed by atoms with Crippen molar-refractivity contribution in [2.24, 2.45) is 0 Å². The van der Waals surface area contributed by atoms with Gasteiger partial charge in [0.1, 0.15) is 0 Å². The van der Waals surface area contributed by atoms with E-state index in [2.05, 4.69) is 53.8 Å². The molecule has 0 fully saturated rings. The lowest BCUT2D eigenvalue weighted by atomic mass is 10.0. The van der Waals surface area contributed by atoms with E-state index < -0.39 is 0 Å². The van der Waals surface area contributed by atoms with Crippen LogP contribution in [0.3, 0.4) is 0 Å². The number of hydrogen-bond donors (Lipinski definition) is 1. The first-order valence-corrected chi connectivity index (χ1v) is 7.16. The SMILES string of the molecule is CCC(=O)NCCc1cccc(Cc2ccccc2)c1. The number of rotatable bonds is 6. The highest BCUT2D eigenvalue weighted by molar-refractivity contribution is 5.75.